The number of rotatable bonds is 6. The molecule has 3 rings (SSSR count). The number of carbonyl (C=O) groups excluding carboxylic acids is 2. The number of hydrogen-bond donors (Lipinski definition) is 0. The monoisotopic (exact) mass is 605 g/mol. The quantitative estimate of drug-likeness (QED) is 0.243. The van der Waals surface area contributed by atoms with Crippen molar-refractivity contribution >= 4 is 11.9 Å². The van der Waals surface area contributed by atoms with Gasteiger partial charge in [0.05, 0.1) is 11.1 Å². The van der Waals surface area contributed by atoms with Gasteiger partial charge in [-0.2, -0.15) is 0 Å². The average Bonchev–Trinajstić information content (AvgIpc) is 3.13. The number of fused-ring (bicyclic) bond motifs is 1. The predicted molar refractivity (Wildman–Crippen MR) is 186 cm³/mol. The third-order valence-electron chi connectivity index (χ3n) is 9.73. The normalized spacial score (nSPS) is 16.1. The zero-order chi connectivity index (χ0) is 34.4. The minimum atomic E-state index is -0.552. The fourth-order valence-electron chi connectivity index (χ4n) is 7.03. The Morgan fingerprint density at radius 1 is 0.614 bits per heavy atom. The van der Waals surface area contributed by atoms with E-state index < -0.39 is 11.9 Å². The molecular formula is C40H63NO3. The van der Waals surface area contributed by atoms with Crippen molar-refractivity contribution in [1.82, 2.24) is 4.98 Å². The van der Waals surface area contributed by atoms with Gasteiger partial charge in [-0.05, 0) is 75.3 Å². The molecule has 44 heavy (non-hydrogen) atoms. The van der Waals surface area contributed by atoms with E-state index in [4.69, 9.17) is 9.72 Å². The van der Waals surface area contributed by atoms with Crippen molar-refractivity contribution in [2.75, 3.05) is 0 Å². The molecule has 4 nitrogen and oxygen atoms in total. The van der Waals surface area contributed by atoms with Gasteiger partial charge < -0.3 is 4.74 Å². The SMILES string of the molecule is CC.CC(C)(C)CC(c1ccc2c(c1)C(=O)OC2=O)C(C)(C)C(C)(C)C(c1cc(C(C)(C)C)nc(C(C)(C)C)c1)C(C)(C)C. The molecule has 0 radical (unpaired) electrons. The lowest BCUT2D eigenvalue weighted by Gasteiger charge is -2.56. The highest BCUT2D eigenvalue weighted by Crippen LogP contribution is 2.62. The van der Waals surface area contributed by atoms with Crippen LogP contribution in [0.25, 0.3) is 0 Å². The molecule has 0 saturated carbocycles. The summed E-state index contributed by atoms with van der Waals surface area (Å²) in [6, 6.07) is 10.5. The van der Waals surface area contributed by atoms with Crippen LogP contribution in [0.15, 0.2) is 30.3 Å². The third kappa shape index (κ3) is 7.83. The number of hydrogen-bond acceptors (Lipinski definition) is 4. The number of cyclic esters (lactones) is 2. The lowest BCUT2D eigenvalue weighted by atomic mass is 9.48. The topological polar surface area (TPSA) is 56.3 Å². The molecule has 1 aromatic carbocycles. The summed E-state index contributed by atoms with van der Waals surface area (Å²) in [4.78, 5) is 30.0. The van der Waals surface area contributed by atoms with Gasteiger partial charge >= 0.3 is 11.9 Å². The van der Waals surface area contributed by atoms with E-state index in [2.05, 4.69) is 123 Å². The molecular weight excluding hydrogens is 542 g/mol. The Bertz CT molecular complexity index is 1320. The highest BCUT2D eigenvalue weighted by Gasteiger charge is 2.52. The largest absolute Gasteiger partial charge is 0.386 e. The summed E-state index contributed by atoms with van der Waals surface area (Å²) < 4.78 is 4.95. The number of ether oxygens (including phenoxy) is 1. The number of nitrogens with zero attached hydrogens (tertiary/aromatic N) is 1. The molecule has 1 aliphatic heterocycles. The van der Waals surface area contributed by atoms with Gasteiger partial charge in [-0.25, -0.2) is 9.59 Å². The molecule has 0 aliphatic carbocycles. The molecule has 1 aromatic heterocycles. The second-order valence-corrected chi connectivity index (χ2v) is 18.2. The number of esters is 2. The molecule has 0 amide bonds. The van der Waals surface area contributed by atoms with Gasteiger partial charge in [0.15, 0.2) is 0 Å². The third-order valence-corrected chi connectivity index (χ3v) is 9.73. The van der Waals surface area contributed by atoms with Crippen molar-refractivity contribution in [3.63, 3.8) is 0 Å². The van der Waals surface area contributed by atoms with Gasteiger partial charge in [-0.15, -0.1) is 0 Å². The highest BCUT2D eigenvalue weighted by atomic mass is 16.6. The molecule has 246 valence electrons. The van der Waals surface area contributed by atoms with Crippen LogP contribution in [-0.2, 0) is 15.6 Å². The summed E-state index contributed by atoms with van der Waals surface area (Å²) >= 11 is 0. The van der Waals surface area contributed by atoms with Gasteiger partial charge in [0.2, 0.25) is 0 Å². The fraction of sp³-hybridized carbons (Fsp3) is 0.675. The molecule has 2 heterocycles. The lowest BCUT2D eigenvalue weighted by molar-refractivity contribution is -0.00438. The summed E-state index contributed by atoms with van der Waals surface area (Å²) in [6.07, 6.45) is 0.929. The first-order valence-electron chi connectivity index (χ1n) is 16.6. The smallest absolute Gasteiger partial charge is 0.346 e. The number of aromatic nitrogens is 1. The average molecular weight is 606 g/mol. The first-order valence-corrected chi connectivity index (χ1v) is 16.6. The van der Waals surface area contributed by atoms with Crippen molar-refractivity contribution < 1.29 is 14.3 Å². The van der Waals surface area contributed by atoms with E-state index in [0.29, 0.717) is 11.1 Å². The molecule has 2 unspecified atom stereocenters. The van der Waals surface area contributed by atoms with Crippen LogP contribution < -0.4 is 0 Å². The maximum atomic E-state index is 12.6. The van der Waals surface area contributed by atoms with Crippen LogP contribution in [-0.4, -0.2) is 16.9 Å². The van der Waals surface area contributed by atoms with Crippen molar-refractivity contribution in [1.29, 1.82) is 0 Å². The molecule has 0 saturated heterocycles. The van der Waals surface area contributed by atoms with Gasteiger partial charge in [0, 0.05) is 22.2 Å². The Labute approximate surface area is 270 Å². The summed E-state index contributed by atoms with van der Waals surface area (Å²) in [7, 11) is 0. The van der Waals surface area contributed by atoms with Crippen molar-refractivity contribution in [2.24, 2.45) is 21.7 Å². The number of carbonyl (C=O) groups is 2. The molecule has 2 atom stereocenters. The van der Waals surface area contributed by atoms with E-state index in [9.17, 15) is 9.59 Å². The van der Waals surface area contributed by atoms with Crippen LogP contribution >= 0.6 is 0 Å². The van der Waals surface area contributed by atoms with Crippen molar-refractivity contribution in [2.45, 2.75) is 154 Å². The highest BCUT2D eigenvalue weighted by molar-refractivity contribution is 6.14. The van der Waals surface area contributed by atoms with Crippen molar-refractivity contribution in [3.05, 3.63) is 64.0 Å². The van der Waals surface area contributed by atoms with Gasteiger partial charge in [-0.1, -0.05) is 131 Å². The summed E-state index contributed by atoms with van der Waals surface area (Å²) in [5.41, 5.74) is 4.85. The molecule has 1 aliphatic rings. The van der Waals surface area contributed by atoms with Crippen molar-refractivity contribution in [3.8, 4) is 0 Å². The van der Waals surface area contributed by atoms with E-state index in [-0.39, 0.29) is 44.3 Å². The van der Waals surface area contributed by atoms with E-state index in [1.54, 1.807) is 6.07 Å². The molecule has 2 aromatic rings. The van der Waals surface area contributed by atoms with E-state index in [1.807, 2.05) is 26.0 Å². The second kappa shape index (κ2) is 12.4. The van der Waals surface area contributed by atoms with E-state index >= 15 is 0 Å². The van der Waals surface area contributed by atoms with Gasteiger partial charge in [-0.3, -0.25) is 4.98 Å². The Hall–Kier alpha value is -2.49. The van der Waals surface area contributed by atoms with Crippen LogP contribution in [0.1, 0.15) is 186 Å². The number of benzene rings is 1. The molecule has 4 heteroatoms. The van der Waals surface area contributed by atoms with E-state index in [1.165, 1.54) is 5.56 Å². The zero-order valence-electron chi connectivity index (χ0n) is 31.4. The minimum Gasteiger partial charge on any atom is -0.386 e. The first kappa shape index (κ1) is 37.7. The summed E-state index contributed by atoms with van der Waals surface area (Å²) in [5.74, 6) is -0.772. The molecule has 0 bridgehead atoms. The minimum absolute atomic E-state index is 0.0417. The van der Waals surface area contributed by atoms with Gasteiger partial charge in [0.1, 0.15) is 0 Å². The summed E-state index contributed by atoms with van der Waals surface area (Å²) in [5, 5.41) is 0. The Morgan fingerprint density at radius 2 is 1.07 bits per heavy atom. The standard InChI is InChI=1S/C38H57NO3.C2H6/c1-33(2,3)22-27(23-17-18-25-26(19-23)32(41)42-31(25)40)37(13,14)38(15,16)30(36(10,11)12)24-20-28(34(4,5)6)39-29(21-24)35(7,8)9;1-2/h17-21,27,30H,22H2,1-16H3;1-2H3. The zero-order valence-corrected chi connectivity index (χ0v) is 31.4. The van der Waals surface area contributed by atoms with Crippen LogP contribution in [0.4, 0.5) is 0 Å². The maximum absolute atomic E-state index is 12.6. The van der Waals surface area contributed by atoms with Crippen LogP contribution in [0, 0.1) is 21.7 Å². The van der Waals surface area contributed by atoms with Crippen LogP contribution in [0.3, 0.4) is 0 Å². The number of pyridine rings is 1. The molecule has 0 spiro atoms. The van der Waals surface area contributed by atoms with E-state index in [0.717, 1.165) is 23.4 Å². The first-order chi connectivity index (χ1) is 19.7. The van der Waals surface area contributed by atoms with Gasteiger partial charge in [0.25, 0.3) is 0 Å². The fourth-order valence-corrected chi connectivity index (χ4v) is 7.03. The second-order valence-electron chi connectivity index (χ2n) is 18.2. The Kier molecular flexibility index (Phi) is 10.6. The van der Waals surface area contributed by atoms with Crippen LogP contribution in [0.5, 0.6) is 0 Å². The maximum Gasteiger partial charge on any atom is 0.346 e. The van der Waals surface area contributed by atoms with Crippen LogP contribution in [0.2, 0.25) is 0 Å². The predicted octanol–water partition coefficient (Wildman–Crippen LogP) is 11.4. The lowest BCUT2D eigenvalue weighted by Crippen LogP contribution is -2.47. The Morgan fingerprint density at radius 3 is 1.48 bits per heavy atom. The molecule has 0 fully saturated rings. The molecule has 0 N–H and O–H groups in total. The summed E-state index contributed by atoms with van der Waals surface area (Å²) in [6.45, 7) is 41.1. The Balaban J connectivity index is 0.00000330.